The van der Waals surface area contributed by atoms with Crippen LogP contribution in [-0.2, 0) is 14.8 Å². The number of nitrogens with two attached hydrogens (primary N) is 1. The molecule has 0 radical (unpaired) electrons. The van der Waals surface area contributed by atoms with Gasteiger partial charge in [-0.3, -0.25) is 4.79 Å². The first-order chi connectivity index (χ1) is 8.25. The van der Waals surface area contributed by atoms with Crippen molar-refractivity contribution in [2.45, 2.75) is 25.7 Å². The average Bonchev–Trinajstić information content (AvgIpc) is 2.23. The minimum absolute atomic E-state index is 0.0367. The van der Waals surface area contributed by atoms with Crippen molar-refractivity contribution in [3.05, 3.63) is 23.3 Å². The van der Waals surface area contributed by atoms with Crippen molar-refractivity contribution in [2.24, 2.45) is 5.14 Å². The van der Waals surface area contributed by atoms with E-state index in [-0.39, 0.29) is 4.90 Å². The second-order valence-corrected chi connectivity index (χ2v) is 5.35. The summed E-state index contributed by atoms with van der Waals surface area (Å²) in [5, 5.41) is 7.60. The average molecular weight is 266 g/mol. The molecule has 0 saturated carbocycles. The molecule has 18 heavy (non-hydrogen) atoms. The largest absolute Gasteiger partial charge is 0.315 e. The number of anilines is 1. The number of carbonyl (C=O) groups is 1. The highest BCUT2D eigenvalue weighted by Crippen LogP contribution is 2.23. The predicted molar refractivity (Wildman–Crippen MR) is 69.4 cm³/mol. The summed E-state index contributed by atoms with van der Waals surface area (Å²) in [6.45, 7) is 5.06. The molecular formula is C12H14N2O3S. The molecule has 1 aromatic rings. The molecule has 0 aliphatic rings. The molecule has 0 aliphatic carbocycles. The number of nitrogens with one attached hydrogen (secondary N) is 1. The van der Waals surface area contributed by atoms with Crippen LogP contribution in [0.5, 0.6) is 0 Å². The monoisotopic (exact) mass is 266 g/mol. The number of hydrogen-bond acceptors (Lipinski definition) is 3. The first-order valence-electron chi connectivity index (χ1n) is 5.13. The van der Waals surface area contributed by atoms with E-state index in [2.05, 4.69) is 17.2 Å². The van der Waals surface area contributed by atoms with Crippen molar-refractivity contribution in [1.29, 1.82) is 0 Å². The molecule has 0 aliphatic heterocycles. The number of benzene rings is 1. The number of rotatable bonds is 2. The maximum Gasteiger partial charge on any atom is 0.300 e. The van der Waals surface area contributed by atoms with Gasteiger partial charge in [-0.1, -0.05) is 5.92 Å². The van der Waals surface area contributed by atoms with Gasteiger partial charge in [0.1, 0.15) is 0 Å². The minimum atomic E-state index is -3.80. The SMILES string of the molecule is CC#CC(=O)Nc1cc(S(N)(=O)=O)cc(C)c1C. The summed E-state index contributed by atoms with van der Waals surface area (Å²) in [7, 11) is -3.80. The van der Waals surface area contributed by atoms with E-state index < -0.39 is 15.9 Å². The van der Waals surface area contributed by atoms with Gasteiger partial charge in [-0.05, 0) is 50.0 Å². The summed E-state index contributed by atoms with van der Waals surface area (Å²) in [5.41, 5.74) is 1.89. The highest BCUT2D eigenvalue weighted by molar-refractivity contribution is 7.89. The van der Waals surface area contributed by atoms with Crippen molar-refractivity contribution >= 4 is 21.6 Å². The standard InChI is InChI=1S/C12H14N2O3S/c1-4-5-12(15)14-11-7-10(18(13,16)17)6-8(2)9(11)3/h6-7H,1-3H3,(H,14,15)(H2,13,16,17). The van der Waals surface area contributed by atoms with Gasteiger partial charge in [-0.2, -0.15) is 0 Å². The predicted octanol–water partition coefficient (Wildman–Crippen LogP) is 0.913. The highest BCUT2D eigenvalue weighted by atomic mass is 32.2. The summed E-state index contributed by atoms with van der Waals surface area (Å²) in [6.07, 6.45) is 0. The Balaban J connectivity index is 3.30. The third kappa shape index (κ3) is 3.32. The lowest BCUT2D eigenvalue weighted by molar-refractivity contribution is -0.111. The van der Waals surface area contributed by atoms with Crippen molar-refractivity contribution in [2.75, 3.05) is 5.32 Å². The normalized spacial score (nSPS) is 10.4. The van der Waals surface area contributed by atoms with E-state index in [4.69, 9.17) is 5.14 Å². The van der Waals surface area contributed by atoms with Crippen LogP contribution in [0.25, 0.3) is 0 Å². The van der Waals surface area contributed by atoms with Gasteiger partial charge < -0.3 is 5.32 Å². The Labute approximate surface area is 106 Å². The molecule has 0 atom stereocenters. The molecule has 0 fully saturated rings. The Kier molecular flexibility index (Phi) is 4.11. The van der Waals surface area contributed by atoms with Crippen molar-refractivity contribution in [3.63, 3.8) is 0 Å². The summed E-state index contributed by atoms with van der Waals surface area (Å²) < 4.78 is 22.6. The fourth-order valence-corrected chi connectivity index (χ4v) is 2.01. The van der Waals surface area contributed by atoms with E-state index in [1.165, 1.54) is 12.1 Å². The topological polar surface area (TPSA) is 89.3 Å². The van der Waals surface area contributed by atoms with Crippen molar-refractivity contribution < 1.29 is 13.2 Å². The van der Waals surface area contributed by atoms with Crippen molar-refractivity contribution in [1.82, 2.24) is 0 Å². The van der Waals surface area contributed by atoms with E-state index in [0.717, 1.165) is 11.1 Å². The van der Waals surface area contributed by atoms with Gasteiger partial charge in [0.2, 0.25) is 10.0 Å². The van der Waals surface area contributed by atoms with Gasteiger partial charge in [-0.15, -0.1) is 0 Å². The lowest BCUT2D eigenvalue weighted by atomic mass is 10.1. The molecular weight excluding hydrogens is 252 g/mol. The number of amides is 1. The quantitative estimate of drug-likeness (QED) is 0.780. The molecule has 5 nitrogen and oxygen atoms in total. The highest BCUT2D eigenvalue weighted by Gasteiger charge is 2.13. The van der Waals surface area contributed by atoms with E-state index in [1.54, 1.807) is 20.8 Å². The van der Waals surface area contributed by atoms with Crippen LogP contribution >= 0.6 is 0 Å². The van der Waals surface area contributed by atoms with Crippen LogP contribution in [0.1, 0.15) is 18.1 Å². The Morgan fingerprint density at radius 1 is 1.33 bits per heavy atom. The number of sulfonamides is 1. The lowest BCUT2D eigenvalue weighted by Crippen LogP contribution is -2.15. The zero-order valence-corrected chi connectivity index (χ0v) is 11.2. The van der Waals surface area contributed by atoms with E-state index in [0.29, 0.717) is 5.69 Å². The van der Waals surface area contributed by atoms with Gasteiger partial charge in [0.25, 0.3) is 5.91 Å². The van der Waals surface area contributed by atoms with Gasteiger partial charge in [0.05, 0.1) is 4.90 Å². The molecule has 1 amide bonds. The molecule has 0 heterocycles. The summed E-state index contributed by atoms with van der Waals surface area (Å²) in [4.78, 5) is 11.3. The van der Waals surface area contributed by atoms with E-state index in [1.807, 2.05) is 0 Å². The second kappa shape index (κ2) is 5.21. The summed E-state index contributed by atoms with van der Waals surface area (Å²) in [5.74, 6) is 4.29. The number of carbonyl (C=O) groups excluding carboxylic acids is 1. The number of hydrogen-bond donors (Lipinski definition) is 2. The van der Waals surface area contributed by atoms with Crippen LogP contribution in [0.15, 0.2) is 17.0 Å². The van der Waals surface area contributed by atoms with Gasteiger partial charge in [0.15, 0.2) is 0 Å². The summed E-state index contributed by atoms with van der Waals surface area (Å²) in [6, 6.07) is 2.79. The molecule has 0 unspecified atom stereocenters. The molecule has 3 N–H and O–H groups in total. The van der Waals surface area contributed by atoms with E-state index in [9.17, 15) is 13.2 Å². The third-order valence-electron chi connectivity index (χ3n) is 2.46. The van der Waals surface area contributed by atoms with Gasteiger partial charge in [-0.25, -0.2) is 13.6 Å². The molecule has 0 saturated heterocycles. The summed E-state index contributed by atoms with van der Waals surface area (Å²) >= 11 is 0. The maximum atomic E-state index is 11.4. The molecule has 1 aromatic carbocycles. The lowest BCUT2D eigenvalue weighted by Gasteiger charge is -2.11. The smallest absolute Gasteiger partial charge is 0.300 e. The van der Waals surface area contributed by atoms with Gasteiger partial charge in [0, 0.05) is 5.69 Å². The van der Waals surface area contributed by atoms with Crippen LogP contribution in [0.4, 0.5) is 5.69 Å². The fraction of sp³-hybridized carbons (Fsp3) is 0.250. The number of primary sulfonamides is 1. The van der Waals surface area contributed by atoms with Crippen LogP contribution < -0.4 is 10.5 Å². The van der Waals surface area contributed by atoms with Crippen LogP contribution in [-0.4, -0.2) is 14.3 Å². The zero-order chi connectivity index (χ0) is 13.9. The Morgan fingerprint density at radius 2 is 1.94 bits per heavy atom. The van der Waals surface area contributed by atoms with E-state index >= 15 is 0 Å². The Morgan fingerprint density at radius 3 is 2.44 bits per heavy atom. The molecule has 96 valence electrons. The third-order valence-corrected chi connectivity index (χ3v) is 3.35. The second-order valence-electron chi connectivity index (χ2n) is 3.79. The minimum Gasteiger partial charge on any atom is -0.315 e. The molecule has 0 spiro atoms. The van der Waals surface area contributed by atoms with Gasteiger partial charge >= 0.3 is 0 Å². The fourth-order valence-electron chi connectivity index (χ4n) is 1.39. The number of aryl methyl sites for hydroxylation is 1. The molecule has 6 heteroatoms. The van der Waals surface area contributed by atoms with Crippen LogP contribution in [0.2, 0.25) is 0 Å². The first kappa shape index (κ1) is 14.2. The Bertz CT molecular complexity index is 652. The molecule has 0 bridgehead atoms. The molecule has 0 aromatic heterocycles. The molecule has 1 rings (SSSR count). The van der Waals surface area contributed by atoms with Crippen molar-refractivity contribution in [3.8, 4) is 11.8 Å². The van der Waals surface area contributed by atoms with Crippen LogP contribution in [0, 0.1) is 25.7 Å². The first-order valence-corrected chi connectivity index (χ1v) is 6.68. The van der Waals surface area contributed by atoms with Crippen LogP contribution in [0.3, 0.4) is 0 Å². The Hall–Kier alpha value is -1.84. The maximum absolute atomic E-state index is 11.4. The zero-order valence-electron chi connectivity index (χ0n) is 10.4.